The van der Waals surface area contributed by atoms with Gasteiger partial charge in [-0.2, -0.15) is 4.31 Å². The summed E-state index contributed by atoms with van der Waals surface area (Å²) in [6.07, 6.45) is 1.04. The van der Waals surface area contributed by atoms with Gasteiger partial charge in [0.1, 0.15) is 5.75 Å². The third-order valence-electron chi connectivity index (χ3n) is 3.67. The molecule has 0 unspecified atom stereocenters. The van der Waals surface area contributed by atoms with Crippen molar-refractivity contribution in [3.63, 3.8) is 0 Å². The molecule has 0 bridgehead atoms. The quantitative estimate of drug-likeness (QED) is 0.736. The van der Waals surface area contributed by atoms with Gasteiger partial charge < -0.3 is 15.0 Å². The second kappa shape index (κ2) is 7.63. The van der Waals surface area contributed by atoms with Crippen LogP contribution in [0.4, 0.5) is 0 Å². The molecule has 1 aliphatic rings. The molecule has 0 saturated heterocycles. The van der Waals surface area contributed by atoms with E-state index in [9.17, 15) is 18.0 Å². The van der Waals surface area contributed by atoms with Gasteiger partial charge in [0.05, 0.1) is 12.8 Å². The first-order chi connectivity index (χ1) is 11.3. The van der Waals surface area contributed by atoms with Crippen LogP contribution in [0.15, 0.2) is 24.3 Å². The van der Waals surface area contributed by atoms with Crippen LogP contribution in [0.5, 0.6) is 5.75 Å². The van der Waals surface area contributed by atoms with E-state index in [0.29, 0.717) is 18.8 Å². The number of carbonyl (C=O) groups excluding carboxylic acids is 2. The highest BCUT2D eigenvalue weighted by atomic mass is 32.2. The normalized spacial score (nSPS) is 14.8. The number of rotatable bonds is 6. The second-order valence-electron chi connectivity index (χ2n) is 5.58. The lowest BCUT2D eigenvalue weighted by atomic mass is 10.2. The molecule has 0 fully saturated rings. The Kier molecular flexibility index (Phi) is 5.79. The number of likely N-dealkylation sites (N-methyl/N-ethyl adjacent to an activating group) is 1. The van der Waals surface area contributed by atoms with Gasteiger partial charge in [-0.1, -0.05) is 18.2 Å². The maximum atomic E-state index is 12.1. The predicted octanol–water partition coefficient (Wildman–Crippen LogP) is -0.585. The first-order valence-corrected chi connectivity index (χ1v) is 9.28. The fourth-order valence-corrected chi connectivity index (χ4v) is 2.56. The molecule has 1 aliphatic heterocycles. The molecule has 0 aromatic heterocycles. The summed E-state index contributed by atoms with van der Waals surface area (Å²) in [6.45, 7) is 0.684. The molecule has 132 valence electrons. The van der Waals surface area contributed by atoms with Gasteiger partial charge in [0.2, 0.25) is 15.9 Å². The van der Waals surface area contributed by atoms with Crippen molar-refractivity contribution >= 4 is 21.8 Å². The highest BCUT2D eigenvalue weighted by Gasteiger charge is 2.21. The lowest BCUT2D eigenvalue weighted by Crippen LogP contribution is -2.42. The third kappa shape index (κ3) is 4.93. The monoisotopic (exact) mass is 355 g/mol. The summed E-state index contributed by atoms with van der Waals surface area (Å²) in [6, 6.07) is 7.42. The van der Waals surface area contributed by atoms with Crippen LogP contribution in [-0.4, -0.2) is 69.0 Å². The van der Waals surface area contributed by atoms with E-state index in [2.05, 4.69) is 5.32 Å². The summed E-state index contributed by atoms with van der Waals surface area (Å²) < 4.78 is 28.9. The number of amides is 2. The average molecular weight is 355 g/mol. The average Bonchev–Trinajstić information content (AvgIpc) is 2.66. The molecule has 0 saturated carbocycles. The van der Waals surface area contributed by atoms with Crippen molar-refractivity contribution in [3.8, 4) is 5.75 Å². The van der Waals surface area contributed by atoms with Crippen molar-refractivity contribution in [2.24, 2.45) is 0 Å². The number of nitrogens with zero attached hydrogens (tertiary/aromatic N) is 2. The molecule has 2 rings (SSSR count). The Morgan fingerprint density at radius 3 is 2.79 bits per heavy atom. The van der Waals surface area contributed by atoms with Gasteiger partial charge in [0.15, 0.2) is 6.61 Å². The highest BCUT2D eigenvalue weighted by molar-refractivity contribution is 7.88. The van der Waals surface area contributed by atoms with Crippen LogP contribution in [0.2, 0.25) is 0 Å². The Morgan fingerprint density at radius 1 is 1.38 bits per heavy atom. The lowest BCUT2D eigenvalue weighted by molar-refractivity contribution is -0.133. The van der Waals surface area contributed by atoms with Crippen LogP contribution in [0.1, 0.15) is 5.56 Å². The van der Waals surface area contributed by atoms with E-state index < -0.39 is 15.9 Å². The molecule has 24 heavy (non-hydrogen) atoms. The Hall–Kier alpha value is -2.13. The van der Waals surface area contributed by atoms with Crippen molar-refractivity contribution in [2.45, 2.75) is 6.54 Å². The van der Waals surface area contributed by atoms with Crippen LogP contribution >= 0.6 is 0 Å². The predicted molar refractivity (Wildman–Crippen MR) is 87.8 cm³/mol. The maximum Gasteiger partial charge on any atom is 0.260 e. The van der Waals surface area contributed by atoms with Crippen LogP contribution in [-0.2, 0) is 26.2 Å². The largest absolute Gasteiger partial charge is 0.483 e. The molecular formula is C15H21N3O5S. The third-order valence-corrected chi connectivity index (χ3v) is 4.94. The second-order valence-corrected chi connectivity index (χ2v) is 7.67. The van der Waals surface area contributed by atoms with Gasteiger partial charge in [0, 0.05) is 32.2 Å². The fourth-order valence-electron chi connectivity index (χ4n) is 2.21. The molecular weight excluding hydrogens is 334 g/mol. The number of carbonyl (C=O) groups is 2. The molecule has 1 N–H and O–H groups in total. The van der Waals surface area contributed by atoms with E-state index in [1.54, 1.807) is 4.90 Å². The molecule has 0 aliphatic carbocycles. The molecule has 1 heterocycles. The van der Waals surface area contributed by atoms with Gasteiger partial charge in [0.25, 0.3) is 5.91 Å². The van der Waals surface area contributed by atoms with Crippen molar-refractivity contribution in [1.29, 1.82) is 0 Å². The van der Waals surface area contributed by atoms with E-state index in [1.807, 2.05) is 24.3 Å². The van der Waals surface area contributed by atoms with E-state index >= 15 is 0 Å². The Labute approximate surface area is 141 Å². The summed E-state index contributed by atoms with van der Waals surface area (Å²) in [5.41, 5.74) is 0.909. The van der Waals surface area contributed by atoms with Gasteiger partial charge in [-0.25, -0.2) is 8.42 Å². The van der Waals surface area contributed by atoms with E-state index in [4.69, 9.17) is 4.74 Å². The number of fused-ring (bicyclic) bond motifs is 1. The van der Waals surface area contributed by atoms with E-state index in [1.165, 1.54) is 7.05 Å². The summed E-state index contributed by atoms with van der Waals surface area (Å²) in [5.74, 6) is 0.114. The van der Waals surface area contributed by atoms with Crippen molar-refractivity contribution < 1.29 is 22.7 Å². The molecule has 0 atom stereocenters. The zero-order valence-electron chi connectivity index (χ0n) is 13.7. The van der Waals surface area contributed by atoms with Gasteiger partial charge >= 0.3 is 0 Å². The van der Waals surface area contributed by atoms with Gasteiger partial charge in [-0.05, 0) is 6.07 Å². The minimum Gasteiger partial charge on any atom is -0.483 e. The minimum atomic E-state index is -3.40. The molecule has 0 spiro atoms. The molecule has 8 nitrogen and oxygen atoms in total. The molecule has 9 heteroatoms. The highest BCUT2D eigenvalue weighted by Crippen LogP contribution is 2.22. The summed E-state index contributed by atoms with van der Waals surface area (Å²) in [5, 5.41) is 2.62. The smallest absolute Gasteiger partial charge is 0.260 e. The number of nitrogens with one attached hydrogen (secondary N) is 1. The van der Waals surface area contributed by atoms with Gasteiger partial charge in [-0.15, -0.1) is 0 Å². The molecule has 2 amide bonds. The fraction of sp³-hybridized carbons (Fsp3) is 0.467. The number of para-hydroxylation sites is 1. The number of benzene rings is 1. The molecule has 1 aromatic rings. The zero-order chi connectivity index (χ0) is 17.7. The minimum absolute atomic E-state index is 0.0399. The number of ether oxygens (including phenoxy) is 1. The first kappa shape index (κ1) is 18.2. The van der Waals surface area contributed by atoms with Crippen LogP contribution in [0.3, 0.4) is 0 Å². The number of hydrogen-bond acceptors (Lipinski definition) is 5. The summed E-state index contributed by atoms with van der Waals surface area (Å²) in [7, 11) is -2.06. The SMILES string of the molecule is CN(CC(=O)NCCN1Cc2ccccc2OCC1=O)S(C)(=O)=O. The standard InChI is InChI=1S/C15H21N3O5S/c1-17(24(2,21)22)10-14(19)16-7-8-18-9-12-5-3-4-6-13(12)23-11-15(18)20/h3-6H,7-11H2,1-2H3,(H,16,19). The van der Waals surface area contributed by atoms with E-state index in [-0.39, 0.29) is 25.6 Å². The lowest BCUT2D eigenvalue weighted by Gasteiger charge is -2.20. The van der Waals surface area contributed by atoms with Crippen molar-refractivity contribution in [2.75, 3.05) is 39.5 Å². The number of sulfonamides is 1. The molecule has 0 radical (unpaired) electrons. The van der Waals surface area contributed by atoms with Crippen LogP contribution < -0.4 is 10.1 Å². The summed E-state index contributed by atoms with van der Waals surface area (Å²) >= 11 is 0. The van der Waals surface area contributed by atoms with Gasteiger partial charge in [-0.3, -0.25) is 9.59 Å². The van der Waals surface area contributed by atoms with Crippen molar-refractivity contribution in [3.05, 3.63) is 29.8 Å². The molecule has 1 aromatic carbocycles. The van der Waals surface area contributed by atoms with Crippen LogP contribution in [0.25, 0.3) is 0 Å². The Balaban J connectivity index is 1.85. The Bertz CT molecular complexity index is 720. The number of hydrogen-bond donors (Lipinski definition) is 1. The first-order valence-electron chi connectivity index (χ1n) is 7.44. The Morgan fingerprint density at radius 2 is 2.08 bits per heavy atom. The maximum absolute atomic E-state index is 12.1. The van der Waals surface area contributed by atoms with E-state index in [0.717, 1.165) is 16.1 Å². The van der Waals surface area contributed by atoms with Crippen LogP contribution in [0, 0.1) is 0 Å². The summed E-state index contributed by atoms with van der Waals surface area (Å²) in [4.78, 5) is 25.4. The van der Waals surface area contributed by atoms with Crippen molar-refractivity contribution in [1.82, 2.24) is 14.5 Å². The topological polar surface area (TPSA) is 96.0 Å². The zero-order valence-corrected chi connectivity index (χ0v) is 14.5.